The van der Waals surface area contributed by atoms with Crippen molar-refractivity contribution in [2.45, 2.75) is 47.5 Å². The molecular weight excluding hydrogens is 452 g/mol. The van der Waals surface area contributed by atoms with Crippen molar-refractivity contribution in [1.29, 1.82) is 0 Å². The summed E-state index contributed by atoms with van der Waals surface area (Å²) in [5.74, 6) is 6.71. The number of carbonyl (C=O) groups is 4. The molecule has 0 bridgehead atoms. The van der Waals surface area contributed by atoms with Crippen LogP contribution in [0, 0.1) is 42.9 Å². The van der Waals surface area contributed by atoms with Crippen LogP contribution < -0.4 is 5.32 Å². The number of likely N-dealkylation sites (tertiary alicyclic amines) is 1. The number of amides is 3. The smallest absolute Gasteiger partial charge is 0.232 e. The van der Waals surface area contributed by atoms with Crippen LogP contribution in [-0.2, 0) is 33.4 Å². The number of carbonyl (C=O) groups excluding carboxylic acids is 4. The fourth-order valence-corrected chi connectivity index (χ4v) is 2.24. The minimum Gasteiger partial charge on any atom is -0.368 e. The summed E-state index contributed by atoms with van der Waals surface area (Å²) in [6.45, 7) is 7.99. The van der Waals surface area contributed by atoms with Crippen molar-refractivity contribution < 1.29 is 33.4 Å². The normalized spacial score (nSPS) is 13.5. The molecule has 1 heterocycles. The van der Waals surface area contributed by atoms with Gasteiger partial charge < -0.3 is 19.5 Å². The van der Waals surface area contributed by atoms with Gasteiger partial charge >= 0.3 is 0 Å². The molecule has 1 aliphatic rings. The summed E-state index contributed by atoms with van der Waals surface area (Å²) in [6.07, 6.45) is 16.1. The van der Waals surface area contributed by atoms with Gasteiger partial charge in [0, 0.05) is 31.7 Å². The van der Waals surface area contributed by atoms with Crippen molar-refractivity contribution in [3.8, 4) is 37.0 Å². The van der Waals surface area contributed by atoms with E-state index in [1.807, 2.05) is 0 Å². The first-order valence-electron chi connectivity index (χ1n) is 10.9. The maximum atomic E-state index is 11.4. The van der Waals surface area contributed by atoms with Gasteiger partial charge in [0.05, 0.1) is 26.4 Å². The summed E-state index contributed by atoms with van der Waals surface area (Å²) in [4.78, 5) is 44.8. The lowest BCUT2D eigenvalue weighted by molar-refractivity contribution is -0.140. The van der Waals surface area contributed by atoms with E-state index in [1.165, 1.54) is 11.8 Å². The Morgan fingerprint density at radius 3 is 1.94 bits per heavy atom. The van der Waals surface area contributed by atoms with Crippen LogP contribution in [0.15, 0.2) is 0 Å². The molecule has 0 spiro atoms. The minimum atomic E-state index is -0.185. The number of ether oxygens (including phenoxy) is 3. The van der Waals surface area contributed by atoms with Crippen molar-refractivity contribution in [2.24, 2.45) is 5.92 Å². The number of rotatable bonds is 13. The third-order valence-corrected chi connectivity index (χ3v) is 3.97. The molecule has 1 rings (SSSR count). The van der Waals surface area contributed by atoms with Crippen molar-refractivity contribution >= 4 is 23.5 Å². The Labute approximate surface area is 210 Å². The standard InChI is InChI=1S/C10H13NO3.C8H13NO2.C7H10O2.CH4/c1-3-5-14-6-4-11-9(12)7-8(2)10(11)13;1-3-6-11-7-5-9-8(10)4-2;1-3-5-9-6-4-7(2)8;/h1,8H,4-7H2,2H3;1H,4-7H2,2H3,(H,9,10);1H,4-6H2,2H3;1H4. The Morgan fingerprint density at radius 1 is 1.00 bits per heavy atom. The monoisotopic (exact) mass is 492 g/mol. The zero-order valence-electron chi connectivity index (χ0n) is 20.4. The van der Waals surface area contributed by atoms with E-state index in [4.69, 9.17) is 33.5 Å². The van der Waals surface area contributed by atoms with Gasteiger partial charge in [0.15, 0.2) is 0 Å². The molecule has 9 nitrogen and oxygen atoms in total. The van der Waals surface area contributed by atoms with E-state index in [1.54, 1.807) is 13.8 Å². The number of hydrogen-bond acceptors (Lipinski definition) is 7. The van der Waals surface area contributed by atoms with Crippen LogP contribution in [0.2, 0.25) is 0 Å². The second kappa shape index (κ2) is 25.5. The maximum absolute atomic E-state index is 11.4. The molecule has 1 unspecified atom stereocenters. The van der Waals surface area contributed by atoms with E-state index < -0.39 is 0 Å². The predicted octanol–water partition coefficient (Wildman–Crippen LogP) is 1.45. The summed E-state index contributed by atoms with van der Waals surface area (Å²) >= 11 is 0. The summed E-state index contributed by atoms with van der Waals surface area (Å²) in [6, 6.07) is 0. The fraction of sp³-hybridized carbons (Fsp3) is 0.615. The van der Waals surface area contributed by atoms with E-state index in [9.17, 15) is 19.2 Å². The average Bonchev–Trinajstić information content (AvgIpc) is 3.05. The lowest BCUT2D eigenvalue weighted by atomic mass is 10.1. The molecule has 1 fully saturated rings. The zero-order valence-corrected chi connectivity index (χ0v) is 20.4. The first-order valence-corrected chi connectivity index (χ1v) is 10.9. The van der Waals surface area contributed by atoms with Gasteiger partial charge in [-0.2, -0.15) is 0 Å². The number of imide groups is 1. The maximum Gasteiger partial charge on any atom is 0.232 e. The van der Waals surface area contributed by atoms with Crippen LogP contribution in [0.5, 0.6) is 0 Å². The third kappa shape index (κ3) is 22.4. The third-order valence-electron chi connectivity index (χ3n) is 3.97. The van der Waals surface area contributed by atoms with E-state index in [0.29, 0.717) is 65.4 Å². The molecule has 1 aliphatic heterocycles. The first kappa shape index (κ1) is 36.4. The molecule has 9 heteroatoms. The quantitative estimate of drug-likeness (QED) is 0.235. The number of terminal acetylenes is 3. The Morgan fingerprint density at radius 2 is 1.51 bits per heavy atom. The molecule has 1 atom stereocenters. The number of nitrogens with one attached hydrogen (secondary N) is 1. The summed E-state index contributed by atoms with van der Waals surface area (Å²) in [7, 11) is 0. The largest absolute Gasteiger partial charge is 0.368 e. The molecule has 0 aromatic heterocycles. The Bertz CT molecular complexity index is 744. The lowest BCUT2D eigenvalue weighted by Crippen LogP contribution is -2.33. The molecule has 0 radical (unpaired) electrons. The minimum absolute atomic E-state index is 0. The predicted molar refractivity (Wildman–Crippen MR) is 135 cm³/mol. The van der Waals surface area contributed by atoms with Crippen molar-refractivity contribution in [3.05, 3.63) is 0 Å². The van der Waals surface area contributed by atoms with Gasteiger partial charge in [-0.15, -0.1) is 19.3 Å². The molecule has 35 heavy (non-hydrogen) atoms. The van der Waals surface area contributed by atoms with Gasteiger partial charge in [0.2, 0.25) is 17.7 Å². The van der Waals surface area contributed by atoms with Crippen LogP contribution in [0.1, 0.15) is 47.5 Å². The zero-order chi connectivity index (χ0) is 26.2. The molecule has 1 N–H and O–H groups in total. The Kier molecular flexibility index (Phi) is 26.5. The molecule has 0 aromatic rings. The Hall–Kier alpha value is -3.16. The number of ketones is 1. The van der Waals surface area contributed by atoms with Crippen molar-refractivity contribution in [1.82, 2.24) is 10.2 Å². The van der Waals surface area contributed by atoms with Crippen LogP contribution in [0.4, 0.5) is 0 Å². The summed E-state index contributed by atoms with van der Waals surface area (Å²) in [5, 5.41) is 2.66. The van der Waals surface area contributed by atoms with Crippen LogP contribution in [0.25, 0.3) is 0 Å². The van der Waals surface area contributed by atoms with Crippen LogP contribution >= 0.6 is 0 Å². The van der Waals surface area contributed by atoms with E-state index in [-0.39, 0.29) is 43.5 Å². The van der Waals surface area contributed by atoms with Crippen molar-refractivity contribution in [2.75, 3.05) is 52.7 Å². The molecule has 0 saturated carbocycles. The second-order valence-corrected chi connectivity index (χ2v) is 6.91. The summed E-state index contributed by atoms with van der Waals surface area (Å²) in [5.41, 5.74) is 0. The SMILES string of the molecule is C.C#CCOCCC(C)=O.C#CCOCCN1C(=O)CC(C)C1=O.C#CCOCCNC(=O)CC. The van der Waals surface area contributed by atoms with Gasteiger partial charge in [0.25, 0.3) is 0 Å². The molecular formula is C26H40N2O7. The fourth-order valence-electron chi connectivity index (χ4n) is 2.24. The number of Topliss-reactive ketones (excluding diaryl/α,β-unsaturated/α-hetero) is 1. The summed E-state index contributed by atoms with van der Waals surface area (Å²) < 4.78 is 14.8. The topological polar surface area (TPSA) is 111 Å². The average molecular weight is 493 g/mol. The number of hydrogen-bond donors (Lipinski definition) is 1. The Balaban J connectivity index is -0.000000445. The van der Waals surface area contributed by atoms with Gasteiger partial charge in [0.1, 0.15) is 25.6 Å². The van der Waals surface area contributed by atoms with E-state index >= 15 is 0 Å². The highest BCUT2D eigenvalue weighted by atomic mass is 16.5. The van der Waals surface area contributed by atoms with E-state index in [0.717, 1.165) is 0 Å². The van der Waals surface area contributed by atoms with Gasteiger partial charge in [-0.25, -0.2) is 0 Å². The molecule has 196 valence electrons. The van der Waals surface area contributed by atoms with Gasteiger partial charge in [-0.1, -0.05) is 39.0 Å². The molecule has 1 saturated heterocycles. The van der Waals surface area contributed by atoms with Crippen molar-refractivity contribution in [3.63, 3.8) is 0 Å². The van der Waals surface area contributed by atoms with Gasteiger partial charge in [-0.3, -0.25) is 24.1 Å². The highest BCUT2D eigenvalue weighted by Crippen LogP contribution is 2.17. The molecule has 3 amide bonds. The number of nitrogens with zero attached hydrogens (tertiary/aromatic N) is 1. The highest BCUT2D eigenvalue weighted by molar-refractivity contribution is 6.03. The van der Waals surface area contributed by atoms with Crippen LogP contribution in [0.3, 0.4) is 0 Å². The molecule has 0 aliphatic carbocycles. The first-order chi connectivity index (χ1) is 16.2. The lowest BCUT2D eigenvalue weighted by Gasteiger charge is -2.13. The van der Waals surface area contributed by atoms with E-state index in [2.05, 4.69) is 23.1 Å². The second-order valence-electron chi connectivity index (χ2n) is 6.91. The highest BCUT2D eigenvalue weighted by Gasteiger charge is 2.34. The van der Waals surface area contributed by atoms with Crippen LogP contribution in [-0.4, -0.2) is 81.1 Å². The molecule has 0 aromatic carbocycles. The van der Waals surface area contributed by atoms with Gasteiger partial charge in [-0.05, 0) is 6.92 Å².